The van der Waals surface area contributed by atoms with Gasteiger partial charge in [0, 0.05) is 12.1 Å². The molecule has 4 heteroatoms. The van der Waals surface area contributed by atoms with Crippen LogP contribution in [0.1, 0.15) is 37.3 Å². The number of hydrogen-bond acceptors (Lipinski definition) is 3. The molecule has 0 bridgehead atoms. The molecule has 1 heterocycles. The van der Waals surface area contributed by atoms with Crippen LogP contribution >= 0.6 is 0 Å². The molecule has 1 unspecified atom stereocenters. The van der Waals surface area contributed by atoms with Crippen LogP contribution in [0.3, 0.4) is 0 Å². The molecule has 0 aliphatic carbocycles. The Balaban J connectivity index is 2.37. The lowest BCUT2D eigenvalue weighted by molar-refractivity contribution is -0.146. The van der Waals surface area contributed by atoms with Gasteiger partial charge in [-0.15, -0.1) is 0 Å². The first kappa shape index (κ1) is 14.6. The Labute approximate surface area is 119 Å². The van der Waals surface area contributed by atoms with E-state index in [2.05, 4.69) is 0 Å². The molecule has 1 amide bonds. The second-order valence-corrected chi connectivity index (χ2v) is 5.21. The van der Waals surface area contributed by atoms with Crippen molar-refractivity contribution < 1.29 is 14.3 Å². The fraction of sp³-hybridized carbons (Fsp3) is 0.500. The number of carbonyl (C=O) groups is 2. The lowest BCUT2D eigenvalue weighted by Gasteiger charge is -2.35. The Morgan fingerprint density at radius 3 is 2.80 bits per heavy atom. The van der Waals surface area contributed by atoms with Gasteiger partial charge in [-0.1, -0.05) is 17.7 Å². The number of hydrogen-bond donors (Lipinski definition) is 0. The average molecular weight is 275 g/mol. The number of piperidine rings is 1. The normalized spacial score (nSPS) is 19.1. The SMILES string of the molecule is CCOC(=O)C1CCCC(=O)N1c1ccc(C)cc1C. The Bertz CT molecular complexity index is 524. The Morgan fingerprint density at radius 1 is 1.40 bits per heavy atom. The van der Waals surface area contributed by atoms with Gasteiger partial charge in [-0.25, -0.2) is 4.79 Å². The zero-order valence-electron chi connectivity index (χ0n) is 12.3. The molecule has 1 atom stereocenters. The minimum Gasteiger partial charge on any atom is -0.464 e. The summed E-state index contributed by atoms with van der Waals surface area (Å²) in [5.41, 5.74) is 2.97. The van der Waals surface area contributed by atoms with E-state index >= 15 is 0 Å². The first-order chi connectivity index (χ1) is 9.54. The molecule has 1 fully saturated rings. The number of esters is 1. The van der Waals surface area contributed by atoms with Gasteiger partial charge in [0.15, 0.2) is 0 Å². The van der Waals surface area contributed by atoms with Gasteiger partial charge in [-0.2, -0.15) is 0 Å². The third-order valence-corrected chi connectivity index (χ3v) is 3.62. The van der Waals surface area contributed by atoms with Gasteiger partial charge >= 0.3 is 5.97 Å². The molecule has 20 heavy (non-hydrogen) atoms. The summed E-state index contributed by atoms with van der Waals surface area (Å²) in [5, 5.41) is 0. The largest absolute Gasteiger partial charge is 0.464 e. The van der Waals surface area contributed by atoms with Gasteiger partial charge in [0.25, 0.3) is 0 Å². The van der Waals surface area contributed by atoms with E-state index in [-0.39, 0.29) is 11.9 Å². The lowest BCUT2D eigenvalue weighted by Crippen LogP contribution is -2.49. The third kappa shape index (κ3) is 2.84. The van der Waals surface area contributed by atoms with Crippen molar-refractivity contribution in [2.45, 2.75) is 46.1 Å². The van der Waals surface area contributed by atoms with Gasteiger partial charge < -0.3 is 4.74 Å². The number of benzene rings is 1. The monoisotopic (exact) mass is 275 g/mol. The van der Waals surface area contributed by atoms with Crippen LogP contribution in [0.15, 0.2) is 18.2 Å². The van der Waals surface area contributed by atoms with Crippen molar-refractivity contribution in [2.75, 3.05) is 11.5 Å². The zero-order chi connectivity index (χ0) is 14.7. The number of aryl methyl sites for hydroxylation is 2. The molecule has 0 aromatic heterocycles. The van der Waals surface area contributed by atoms with Crippen LogP contribution in [0.4, 0.5) is 5.69 Å². The van der Waals surface area contributed by atoms with Crippen molar-refractivity contribution in [3.8, 4) is 0 Å². The number of rotatable bonds is 3. The molecule has 1 aromatic rings. The summed E-state index contributed by atoms with van der Waals surface area (Å²) in [6, 6.07) is 5.42. The fourth-order valence-electron chi connectivity index (χ4n) is 2.71. The minimum absolute atomic E-state index is 0.00116. The molecular weight excluding hydrogens is 254 g/mol. The highest BCUT2D eigenvalue weighted by Crippen LogP contribution is 2.29. The average Bonchev–Trinajstić information content (AvgIpc) is 2.40. The highest BCUT2D eigenvalue weighted by atomic mass is 16.5. The predicted octanol–water partition coefficient (Wildman–Crippen LogP) is 2.75. The van der Waals surface area contributed by atoms with Crippen LogP contribution in [0.2, 0.25) is 0 Å². The van der Waals surface area contributed by atoms with E-state index in [1.807, 2.05) is 32.0 Å². The summed E-state index contributed by atoms with van der Waals surface area (Å²) >= 11 is 0. The van der Waals surface area contributed by atoms with Crippen molar-refractivity contribution in [1.82, 2.24) is 0 Å². The summed E-state index contributed by atoms with van der Waals surface area (Å²) in [6.07, 6.45) is 1.89. The molecule has 0 radical (unpaired) electrons. The number of amides is 1. The summed E-state index contributed by atoms with van der Waals surface area (Å²) in [4.78, 5) is 26.0. The maximum absolute atomic E-state index is 12.3. The first-order valence-electron chi connectivity index (χ1n) is 7.10. The number of anilines is 1. The van der Waals surface area contributed by atoms with Crippen molar-refractivity contribution in [3.63, 3.8) is 0 Å². The van der Waals surface area contributed by atoms with E-state index in [1.54, 1.807) is 11.8 Å². The molecule has 1 aromatic carbocycles. The quantitative estimate of drug-likeness (QED) is 0.797. The molecular formula is C16H21NO3. The molecule has 108 valence electrons. The number of carbonyl (C=O) groups excluding carboxylic acids is 2. The summed E-state index contributed by atoms with van der Waals surface area (Å²) in [6.45, 7) is 6.10. The second-order valence-electron chi connectivity index (χ2n) is 5.21. The van der Waals surface area contributed by atoms with E-state index in [4.69, 9.17) is 4.74 Å². The van der Waals surface area contributed by atoms with Gasteiger partial charge in [0.05, 0.1) is 6.61 Å². The van der Waals surface area contributed by atoms with Crippen LogP contribution in [-0.2, 0) is 14.3 Å². The molecule has 1 aliphatic rings. The molecule has 0 saturated carbocycles. The zero-order valence-corrected chi connectivity index (χ0v) is 12.3. The Morgan fingerprint density at radius 2 is 2.15 bits per heavy atom. The van der Waals surface area contributed by atoms with E-state index in [0.717, 1.165) is 23.2 Å². The van der Waals surface area contributed by atoms with E-state index in [9.17, 15) is 9.59 Å². The Hall–Kier alpha value is -1.84. The first-order valence-corrected chi connectivity index (χ1v) is 7.10. The fourth-order valence-corrected chi connectivity index (χ4v) is 2.71. The minimum atomic E-state index is -0.488. The van der Waals surface area contributed by atoms with E-state index in [0.29, 0.717) is 19.4 Å². The molecule has 1 saturated heterocycles. The topological polar surface area (TPSA) is 46.6 Å². The number of ether oxygens (including phenoxy) is 1. The van der Waals surface area contributed by atoms with Crippen LogP contribution in [0.25, 0.3) is 0 Å². The van der Waals surface area contributed by atoms with Gasteiger partial charge in [0.1, 0.15) is 6.04 Å². The van der Waals surface area contributed by atoms with Crippen LogP contribution in [0, 0.1) is 13.8 Å². The van der Waals surface area contributed by atoms with Crippen LogP contribution in [0.5, 0.6) is 0 Å². The van der Waals surface area contributed by atoms with Crippen molar-refractivity contribution in [1.29, 1.82) is 0 Å². The van der Waals surface area contributed by atoms with E-state index in [1.165, 1.54) is 0 Å². The number of nitrogens with zero attached hydrogens (tertiary/aromatic N) is 1. The van der Waals surface area contributed by atoms with E-state index < -0.39 is 6.04 Å². The maximum atomic E-state index is 12.3. The lowest BCUT2D eigenvalue weighted by atomic mass is 9.98. The molecule has 2 rings (SSSR count). The predicted molar refractivity (Wildman–Crippen MR) is 77.7 cm³/mol. The molecule has 4 nitrogen and oxygen atoms in total. The second kappa shape index (κ2) is 6.07. The highest BCUT2D eigenvalue weighted by molar-refractivity contribution is 6.01. The van der Waals surface area contributed by atoms with Crippen molar-refractivity contribution in [3.05, 3.63) is 29.3 Å². The van der Waals surface area contributed by atoms with Crippen LogP contribution in [-0.4, -0.2) is 24.5 Å². The smallest absolute Gasteiger partial charge is 0.329 e. The third-order valence-electron chi connectivity index (χ3n) is 3.62. The van der Waals surface area contributed by atoms with Gasteiger partial charge in [-0.3, -0.25) is 9.69 Å². The van der Waals surface area contributed by atoms with Crippen molar-refractivity contribution >= 4 is 17.6 Å². The maximum Gasteiger partial charge on any atom is 0.329 e. The van der Waals surface area contributed by atoms with Crippen LogP contribution < -0.4 is 4.90 Å². The standard InChI is InChI=1S/C16H21NO3/c1-4-20-16(19)14-6-5-7-15(18)17(14)13-9-8-11(2)10-12(13)3/h8-10,14H,4-7H2,1-3H3. The molecule has 0 N–H and O–H groups in total. The summed E-state index contributed by atoms with van der Waals surface area (Å²) in [7, 11) is 0. The van der Waals surface area contributed by atoms with Crippen molar-refractivity contribution in [2.24, 2.45) is 0 Å². The summed E-state index contributed by atoms with van der Waals surface area (Å²) < 4.78 is 5.11. The van der Waals surface area contributed by atoms with Gasteiger partial charge in [-0.05, 0) is 45.2 Å². The molecule has 1 aliphatic heterocycles. The highest BCUT2D eigenvalue weighted by Gasteiger charge is 2.35. The Kier molecular flexibility index (Phi) is 4.42. The van der Waals surface area contributed by atoms with Gasteiger partial charge in [0.2, 0.25) is 5.91 Å². The molecule has 0 spiro atoms. The summed E-state index contributed by atoms with van der Waals surface area (Å²) in [5.74, 6) is -0.304.